The molecule has 1 aliphatic heterocycles. The highest BCUT2D eigenvalue weighted by atomic mass is 32.1. The Balaban J connectivity index is 1.33. The van der Waals surface area contributed by atoms with Crippen molar-refractivity contribution in [3.8, 4) is 5.75 Å². The summed E-state index contributed by atoms with van der Waals surface area (Å²) < 4.78 is 24.1. The van der Waals surface area contributed by atoms with Crippen molar-refractivity contribution in [3.05, 3.63) is 76.5 Å². The molecular formula is C22H22FN3O3S. The highest BCUT2D eigenvalue weighted by Crippen LogP contribution is 2.20. The van der Waals surface area contributed by atoms with Crippen molar-refractivity contribution in [3.63, 3.8) is 0 Å². The summed E-state index contributed by atoms with van der Waals surface area (Å²) in [6.07, 6.45) is 0. The van der Waals surface area contributed by atoms with E-state index in [0.29, 0.717) is 23.1 Å². The highest BCUT2D eigenvalue weighted by Gasteiger charge is 2.14. The molecule has 30 heavy (non-hydrogen) atoms. The van der Waals surface area contributed by atoms with Crippen molar-refractivity contribution in [1.29, 1.82) is 0 Å². The van der Waals surface area contributed by atoms with Gasteiger partial charge in [-0.15, -0.1) is 11.3 Å². The van der Waals surface area contributed by atoms with Gasteiger partial charge in [-0.2, -0.15) is 0 Å². The van der Waals surface area contributed by atoms with Gasteiger partial charge in [0.05, 0.1) is 18.9 Å². The number of rotatable bonds is 7. The monoisotopic (exact) mass is 427 g/mol. The molecule has 1 fully saturated rings. The zero-order chi connectivity index (χ0) is 20.8. The third-order valence-electron chi connectivity index (χ3n) is 4.68. The van der Waals surface area contributed by atoms with Gasteiger partial charge >= 0.3 is 0 Å². The molecule has 156 valence electrons. The lowest BCUT2D eigenvalue weighted by molar-refractivity contribution is 0.0337. The van der Waals surface area contributed by atoms with Crippen LogP contribution in [0.3, 0.4) is 0 Å². The van der Waals surface area contributed by atoms with Crippen LogP contribution in [0.5, 0.6) is 5.75 Å². The fourth-order valence-electron chi connectivity index (χ4n) is 3.07. The maximum atomic E-state index is 13.0. The van der Waals surface area contributed by atoms with Crippen LogP contribution in [-0.4, -0.2) is 42.1 Å². The first-order valence-corrected chi connectivity index (χ1v) is 10.6. The molecule has 0 bridgehead atoms. The molecule has 3 aromatic rings. The van der Waals surface area contributed by atoms with Crippen LogP contribution in [-0.2, 0) is 17.9 Å². The van der Waals surface area contributed by atoms with Gasteiger partial charge in [0.2, 0.25) is 0 Å². The first-order valence-electron chi connectivity index (χ1n) is 9.69. The van der Waals surface area contributed by atoms with Crippen LogP contribution in [0, 0.1) is 5.82 Å². The van der Waals surface area contributed by atoms with E-state index in [2.05, 4.69) is 15.2 Å². The number of anilines is 1. The molecule has 0 saturated carbocycles. The summed E-state index contributed by atoms with van der Waals surface area (Å²) in [7, 11) is 0. The number of nitrogens with one attached hydrogen (secondary N) is 1. The first kappa shape index (κ1) is 20.5. The Bertz CT molecular complexity index is 987. The molecule has 2 heterocycles. The van der Waals surface area contributed by atoms with Crippen molar-refractivity contribution in [1.82, 2.24) is 9.88 Å². The van der Waals surface area contributed by atoms with E-state index < -0.39 is 0 Å². The lowest BCUT2D eigenvalue weighted by Crippen LogP contribution is -2.35. The molecule has 1 aliphatic rings. The Kier molecular flexibility index (Phi) is 6.68. The zero-order valence-corrected chi connectivity index (χ0v) is 17.2. The smallest absolute Gasteiger partial charge is 0.257 e. The van der Waals surface area contributed by atoms with Crippen LogP contribution in [0.2, 0.25) is 0 Å². The van der Waals surface area contributed by atoms with Gasteiger partial charge < -0.3 is 9.47 Å². The Labute approximate surface area is 178 Å². The summed E-state index contributed by atoms with van der Waals surface area (Å²) in [6.45, 7) is 4.32. The van der Waals surface area contributed by atoms with E-state index in [9.17, 15) is 9.18 Å². The van der Waals surface area contributed by atoms with Gasteiger partial charge in [0.15, 0.2) is 5.13 Å². The van der Waals surface area contributed by atoms with Gasteiger partial charge in [-0.25, -0.2) is 9.37 Å². The summed E-state index contributed by atoms with van der Waals surface area (Å²) in [5.41, 5.74) is 2.27. The Morgan fingerprint density at radius 2 is 2.00 bits per heavy atom. The molecule has 0 spiro atoms. The second kappa shape index (κ2) is 9.80. The second-order valence-corrected chi connectivity index (χ2v) is 7.79. The zero-order valence-electron chi connectivity index (χ0n) is 16.3. The quantitative estimate of drug-likeness (QED) is 0.619. The summed E-state index contributed by atoms with van der Waals surface area (Å²) in [5.74, 6) is 0.0429. The molecule has 1 amide bonds. The van der Waals surface area contributed by atoms with Crippen molar-refractivity contribution in [2.24, 2.45) is 0 Å². The van der Waals surface area contributed by atoms with Gasteiger partial charge in [0, 0.05) is 30.6 Å². The fourth-order valence-corrected chi connectivity index (χ4v) is 3.77. The number of carbonyl (C=O) groups excluding carboxylic acids is 1. The van der Waals surface area contributed by atoms with Gasteiger partial charge in [-0.05, 0) is 35.9 Å². The number of thiazole rings is 1. The summed E-state index contributed by atoms with van der Waals surface area (Å²) >= 11 is 1.41. The summed E-state index contributed by atoms with van der Waals surface area (Å²) in [5, 5.41) is 5.39. The van der Waals surface area contributed by atoms with E-state index in [1.165, 1.54) is 23.5 Å². The lowest BCUT2D eigenvalue weighted by atomic mass is 10.2. The SMILES string of the molecule is O=C(Nc1nc(CN2CCOCC2)cs1)c1cccc(OCc2ccc(F)cc2)c1. The predicted molar refractivity (Wildman–Crippen MR) is 113 cm³/mol. The third-order valence-corrected chi connectivity index (χ3v) is 5.48. The van der Waals surface area contributed by atoms with E-state index >= 15 is 0 Å². The van der Waals surface area contributed by atoms with Crippen LogP contribution in [0.4, 0.5) is 9.52 Å². The second-order valence-electron chi connectivity index (χ2n) is 6.93. The van der Waals surface area contributed by atoms with Crippen LogP contribution in [0.15, 0.2) is 53.9 Å². The maximum absolute atomic E-state index is 13.0. The normalized spacial score (nSPS) is 14.4. The Hall–Kier alpha value is -2.81. The molecule has 1 saturated heterocycles. The molecule has 0 radical (unpaired) electrons. The number of ether oxygens (including phenoxy) is 2. The number of nitrogens with zero attached hydrogens (tertiary/aromatic N) is 2. The first-order chi connectivity index (χ1) is 14.7. The number of aromatic nitrogens is 1. The third kappa shape index (κ3) is 5.63. The van der Waals surface area contributed by atoms with Gasteiger partial charge in [-0.3, -0.25) is 15.0 Å². The van der Waals surface area contributed by atoms with Gasteiger partial charge in [-0.1, -0.05) is 18.2 Å². The molecular weight excluding hydrogens is 405 g/mol. The fraction of sp³-hybridized carbons (Fsp3) is 0.273. The minimum atomic E-state index is -0.285. The van der Waals surface area contributed by atoms with Crippen molar-refractivity contribution < 1.29 is 18.7 Å². The molecule has 0 atom stereocenters. The summed E-state index contributed by atoms with van der Waals surface area (Å²) in [6, 6.07) is 13.1. The maximum Gasteiger partial charge on any atom is 0.257 e. The van der Waals surface area contributed by atoms with Crippen LogP contribution < -0.4 is 10.1 Å². The molecule has 0 unspecified atom stereocenters. The molecule has 4 rings (SSSR count). The lowest BCUT2D eigenvalue weighted by Gasteiger charge is -2.25. The van der Waals surface area contributed by atoms with Crippen molar-refractivity contribution in [2.75, 3.05) is 31.6 Å². The minimum absolute atomic E-state index is 0.241. The molecule has 1 N–H and O–H groups in total. The average molecular weight is 428 g/mol. The number of benzene rings is 2. The number of halogens is 1. The largest absolute Gasteiger partial charge is 0.489 e. The predicted octanol–water partition coefficient (Wildman–Crippen LogP) is 3.95. The topological polar surface area (TPSA) is 63.7 Å². The van der Waals surface area contributed by atoms with Crippen molar-refractivity contribution in [2.45, 2.75) is 13.2 Å². The Morgan fingerprint density at radius 3 is 2.80 bits per heavy atom. The number of hydrogen-bond acceptors (Lipinski definition) is 6. The number of hydrogen-bond donors (Lipinski definition) is 1. The van der Waals surface area contributed by atoms with Gasteiger partial charge in [0.1, 0.15) is 18.2 Å². The van der Waals surface area contributed by atoms with E-state index in [-0.39, 0.29) is 11.7 Å². The van der Waals surface area contributed by atoms with Crippen molar-refractivity contribution >= 4 is 22.4 Å². The van der Waals surface area contributed by atoms with Crippen LogP contribution in [0.1, 0.15) is 21.6 Å². The number of morpholine rings is 1. The molecule has 1 aromatic heterocycles. The number of carbonyl (C=O) groups is 1. The van der Waals surface area contributed by atoms with Gasteiger partial charge in [0.25, 0.3) is 5.91 Å². The van der Waals surface area contributed by atoms with E-state index in [4.69, 9.17) is 9.47 Å². The van der Waals surface area contributed by atoms with Crippen LogP contribution >= 0.6 is 11.3 Å². The minimum Gasteiger partial charge on any atom is -0.489 e. The summed E-state index contributed by atoms with van der Waals surface area (Å²) in [4.78, 5) is 19.4. The molecule has 0 aliphatic carbocycles. The van der Waals surface area contributed by atoms with Crippen LogP contribution in [0.25, 0.3) is 0 Å². The molecule has 2 aromatic carbocycles. The standard InChI is InChI=1S/C22H22FN3O3S/c23-18-6-4-16(5-7-18)14-29-20-3-1-2-17(12-20)21(27)25-22-24-19(15-30-22)13-26-8-10-28-11-9-26/h1-7,12,15H,8-11,13-14H2,(H,24,25,27). The average Bonchev–Trinajstić information content (AvgIpc) is 3.21. The molecule has 6 nitrogen and oxygen atoms in total. The number of amides is 1. The van der Waals surface area contributed by atoms with E-state index in [1.54, 1.807) is 36.4 Å². The highest BCUT2D eigenvalue weighted by molar-refractivity contribution is 7.13. The van der Waals surface area contributed by atoms with E-state index in [1.807, 2.05) is 5.38 Å². The van der Waals surface area contributed by atoms with E-state index in [0.717, 1.165) is 44.1 Å². The Morgan fingerprint density at radius 1 is 1.20 bits per heavy atom. The molecule has 8 heteroatoms.